The molecule has 0 unspecified atom stereocenters. The summed E-state index contributed by atoms with van der Waals surface area (Å²) in [4.78, 5) is 20.5. The Labute approximate surface area is 227 Å². The summed E-state index contributed by atoms with van der Waals surface area (Å²) in [6.45, 7) is 1.24. The first-order valence-electron chi connectivity index (χ1n) is 12.9. The topological polar surface area (TPSA) is 70.1 Å². The lowest BCUT2D eigenvalue weighted by atomic mass is 10.0. The number of hydrogen-bond acceptors (Lipinski definition) is 6. The molecule has 0 N–H and O–H groups in total. The van der Waals surface area contributed by atoms with Crippen LogP contribution >= 0.6 is 0 Å². The number of amides is 1. The Hall–Kier alpha value is -4.17. The fourth-order valence-electron chi connectivity index (χ4n) is 5.05. The molecule has 4 aromatic rings. The Morgan fingerprint density at radius 1 is 0.974 bits per heavy atom. The van der Waals surface area contributed by atoms with Gasteiger partial charge < -0.3 is 23.8 Å². The molecule has 1 aliphatic rings. The molecule has 1 amide bonds. The van der Waals surface area contributed by atoms with Gasteiger partial charge in [0.05, 0.1) is 33.1 Å². The van der Waals surface area contributed by atoms with Crippen LogP contribution in [0, 0.1) is 5.82 Å². The van der Waals surface area contributed by atoms with Crippen LogP contribution in [0.4, 0.5) is 4.39 Å². The molecule has 1 saturated heterocycles. The number of pyridine rings is 1. The van der Waals surface area contributed by atoms with Crippen molar-refractivity contribution in [1.82, 2.24) is 9.88 Å². The maximum atomic E-state index is 14.1. The van der Waals surface area contributed by atoms with Crippen LogP contribution in [0.5, 0.6) is 17.2 Å². The standard InChI is InChI=1S/C31H31FN2O5/c1-36-26-12-5-4-11-24(26)29-21(17-25-27(37-2)13-14-28(38-3)30(25)33-29)18-34(19-23-10-7-15-39-23)31(35)20-8-6-9-22(32)16-20/h4-6,8-9,11-14,16-17,23H,7,10,15,18-19H2,1-3H3/t23-/m0/s1. The van der Waals surface area contributed by atoms with Gasteiger partial charge in [-0.1, -0.05) is 18.2 Å². The van der Waals surface area contributed by atoms with E-state index in [1.54, 1.807) is 38.4 Å². The number of carbonyl (C=O) groups is 1. The second-order valence-electron chi connectivity index (χ2n) is 9.39. The number of fused-ring (bicyclic) bond motifs is 1. The largest absolute Gasteiger partial charge is 0.496 e. The van der Waals surface area contributed by atoms with Crippen molar-refractivity contribution in [3.8, 4) is 28.5 Å². The molecular weight excluding hydrogens is 499 g/mol. The molecular formula is C31H31FN2O5. The summed E-state index contributed by atoms with van der Waals surface area (Å²) in [5.41, 5.74) is 3.11. The van der Waals surface area contributed by atoms with Gasteiger partial charge in [0, 0.05) is 36.2 Å². The highest BCUT2D eigenvalue weighted by atomic mass is 19.1. The number of benzene rings is 3. The van der Waals surface area contributed by atoms with Crippen molar-refractivity contribution in [2.45, 2.75) is 25.5 Å². The van der Waals surface area contributed by atoms with E-state index in [1.807, 2.05) is 42.5 Å². The first-order chi connectivity index (χ1) is 19.0. The molecule has 7 nitrogen and oxygen atoms in total. The van der Waals surface area contributed by atoms with Crippen molar-refractivity contribution in [3.05, 3.63) is 83.7 Å². The number of rotatable bonds is 9. The molecule has 5 rings (SSSR count). The molecule has 8 heteroatoms. The smallest absolute Gasteiger partial charge is 0.254 e. The number of ether oxygens (including phenoxy) is 4. The van der Waals surface area contributed by atoms with Crippen LogP contribution in [0.15, 0.2) is 66.7 Å². The minimum Gasteiger partial charge on any atom is -0.496 e. The van der Waals surface area contributed by atoms with Gasteiger partial charge in [-0.05, 0) is 66.9 Å². The van der Waals surface area contributed by atoms with Gasteiger partial charge >= 0.3 is 0 Å². The molecule has 1 aromatic heterocycles. The van der Waals surface area contributed by atoms with Crippen LogP contribution in [0.3, 0.4) is 0 Å². The number of halogens is 1. The normalized spacial score (nSPS) is 14.8. The first kappa shape index (κ1) is 26.4. The molecule has 3 aromatic carbocycles. The van der Waals surface area contributed by atoms with E-state index >= 15 is 0 Å². The van der Waals surface area contributed by atoms with E-state index in [0.717, 1.165) is 29.4 Å². The fraction of sp³-hybridized carbons (Fsp3) is 0.290. The van der Waals surface area contributed by atoms with E-state index in [0.29, 0.717) is 41.6 Å². The van der Waals surface area contributed by atoms with Crippen molar-refractivity contribution in [2.24, 2.45) is 0 Å². The molecule has 2 heterocycles. The highest BCUT2D eigenvalue weighted by Crippen LogP contribution is 2.38. The molecule has 0 radical (unpaired) electrons. The second-order valence-corrected chi connectivity index (χ2v) is 9.39. The Morgan fingerprint density at radius 3 is 2.46 bits per heavy atom. The Bertz CT molecular complexity index is 1490. The van der Waals surface area contributed by atoms with Crippen LogP contribution in [0.1, 0.15) is 28.8 Å². The number of nitrogens with zero attached hydrogens (tertiary/aromatic N) is 2. The van der Waals surface area contributed by atoms with Gasteiger partial charge in [0.25, 0.3) is 5.91 Å². The van der Waals surface area contributed by atoms with Crippen LogP contribution in [-0.2, 0) is 11.3 Å². The van der Waals surface area contributed by atoms with E-state index in [4.69, 9.17) is 23.9 Å². The zero-order valence-electron chi connectivity index (χ0n) is 22.3. The highest BCUT2D eigenvalue weighted by molar-refractivity contribution is 5.95. The predicted octanol–water partition coefficient (Wildman–Crippen LogP) is 5.89. The number of carbonyl (C=O) groups excluding carboxylic acids is 1. The van der Waals surface area contributed by atoms with Gasteiger partial charge in [0.1, 0.15) is 28.6 Å². The van der Waals surface area contributed by atoms with Crippen molar-refractivity contribution < 1.29 is 28.1 Å². The van der Waals surface area contributed by atoms with E-state index in [-0.39, 0.29) is 24.1 Å². The van der Waals surface area contributed by atoms with Crippen molar-refractivity contribution in [3.63, 3.8) is 0 Å². The summed E-state index contributed by atoms with van der Waals surface area (Å²) in [5.74, 6) is 1.13. The van der Waals surface area contributed by atoms with Gasteiger partial charge in [0.15, 0.2) is 0 Å². The number of aromatic nitrogens is 1. The average Bonchev–Trinajstić information content (AvgIpc) is 3.48. The van der Waals surface area contributed by atoms with E-state index in [1.165, 1.54) is 12.1 Å². The molecule has 202 valence electrons. The third-order valence-electron chi connectivity index (χ3n) is 6.96. The lowest BCUT2D eigenvalue weighted by molar-refractivity contribution is 0.0507. The van der Waals surface area contributed by atoms with Crippen molar-refractivity contribution >= 4 is 16.8 Å². The van der Waals surface area contributed by atoms with Gasteiger partial charge in [-0.15, -0.1) is 0 Å². The minimum absolute atomic E-state index is 0.0970. The van der Waals surface area contributed by atoms with Crippen molar-refractivity contribution in [2.75, 3.05) is 34.5 Å². The molecule has 1 fully saturated rings. The van der Waals surface area contributed by atoms with Crippen LogP contribution in [0.25, 0.3) is 22.2 Å². The van der Waals surface area contributed by atoms with Crippen LogP contribution in [0.2, 0.25) is 0 Å². The van der Waals surface area contributed by atoms with Crippen LogP contribution in [-0.4, -0.2) is 56.4 Å². The van der Waals surface area contributed by atoms with Gasteiger partial charge in [0.2, 0.25) is 0 Å². The average molecular weight is 531 g/mol. The number of para-hydroxylation sites is 1. The Balaban J connectivity index is 1.68. The van der Waals surface area contributed by atoms with E-state index in [2.05, 4.69) is 0 Å². The van der Waals surface area contributed by atoms with Crippen LogP contribution < -0.4 is 14.2 Å². The summed E-state index contributed by atoms with van der Waals surface area (Å²) in [7, 11) is 4.81. The third kappa shape index (κ3) is 5.52. The summed E-state index contributed by atoms with van der Waals surface area (Å²) in [5, 5.41) is 0.751. The molecule has 0 bridgehead atoms. The lowest BCUT2D eigenvalue weighted by Gasteiger charge is -2.27. The minimum atomic E-state index is -0.461. The fourth-order valence-corrected chi connectivity index (χ4v) is 5.05. The molecule has 0 spiro atoms. The number of hydrogen-bond donors (Lipinski definition) is 0. The summed E-state index contributed by atoms with van der Waals surface area (Å²) in [6.07, 6.45) is 1.70. The first-order valence-corrected chi connectivity index (χ1v) is 12.9. The van der Waals surface area contributed by atoms with Gasteiger partial charge in [-0.3, -0.25) is 4.79 Å². The van der Waals surface area contributed by atoms with Gasteiger partial charge in [-0.2, -0.15) is 0 Å². The molecule has 1 atom stereocenters. The molecule has 1 aliphatic heterocycles. The van der Waals surface area contributed by atoms with E-state index < -0.39 is 5.82 Å². The summed E-state index contributed by atoms with van der Waals surface area (Å²) >= 11 is 0. The SMILES string of the molecule is COc1ccccc1-c1nc2c(OC)ccc(OC)c2cc1CN(C[C@@H]1CCCO1)C(=O)c1cccc(F)c1. The summed E-state index contributed by atoms with van der Waals surface area (Å²) in [6, 6.07) is 19.0. The van der Waals surface area contributed by atoms with Crippen molar-refractivity contribution in [1.29, 1.82) is 0 Å². The second kappa shape index (κ2) is 11.7. The lowest BCUT2D eigenvalue weighted by Crippen LogP contribution is -2.37. The number of methoxy groups -OCH3 is 3. The zero-order chi connectivity index (χ0) is 27.4. The zero-order valence-corrected chi connectivity index (χ0v) is 22.3. The molecule has 0 aliphatic carbocycles. The maximum absolute atomic E-state index is 14.1. The molecule has 39 heavy (non-hydrogen) atoms. The van der Waals surface area contributed by atoms with E-state index in [9.17, 15) is 9.18 Å². The maximum Gasteiger partial charge on any atom is 0.254 e. The Kier molecular flexibility index (Phi) is 7.93. The summed E-state index contributed by atoms with van der Waals surface area (Å²) < 4.78 is 36.9. The third-order valence-corrected chi connectivity index (χ3v) is 6.96. The monoisotopic (exact) mass is 530 g/mol. The Morgan fingerprint density at radius 2 is 1.74 bits per heavy atom. The van der Waals surface area contributed by atoms with Gasteiger partial charge in [-0.25, -0.2) is 9.37 Å². The predicted molar refractivity (Wildman–Crippen MR) is 147 cm³/mol. The highest BCUT2D eigenvalue weighted by Gasteiger charge is 2.26. The quantitative estimate of drug-likeness (QED) is 0.269. The molecule has 0 saturated carbocycles.